The summed E-state index contributed by atoms with van der Waals surface area (Å²) in [6.45, 7) is 2.72. The van der Waals surface area contributed by atoms with Gasteiger partial charge in [0, 0.05) is 52.7 Å². The Labute approximate surface area is 256 Å². The van der Waals surface area contributed by atoms with Crippen molar-refractivity contribution >= 4 is 28.6 Å². The fraction of sp³-hybridized carbons (Fsp3) is 0.382. The van der Waals surface area contributed by atoms with E-state index in [1.54, 1.807) is 6.07 Å². The van der Waals surface area contributed by atoms with E-state index in [0.29, 0.717) is 41.7 Å². The number of carboxylic acids is 1. The van der Waals surface area contributed by atoms with E-state index in [1.807, 2.05) is 24.3 Å². The Hall–Kier alpha value is -4.38. The van der Waals surface area contributed by atoms with E-state index in [1.165, 1.54) is 18.2 Å². The van der Waals surface area contributed by atoms with Crippen LogP contribution in [0.1, 0.15) is 59.0 Å². The minimum absolute atomic E-state index is 0.0411. The van der Waals surface area contributed by atoms with Crippen LogP contribution >= 0.6 is 0 Å². The highest BCUT2D eigenvalue weighted by Gasteiger charge is 2.51. The van der Waals surface area contributed by atoms with Crippen molar-refractivity contribution in [2.45, 2.75) is 43.9 Å². The van der Waals surface area contributed by atoms with Crippen molar-refractivity contribution in [2.75, 3.05) is 31.2 Å². The third kappa shape index (κ3) is 5.12. The summed E-state index contributed by atoms with van der Waals surface area (Å²) in [5, 5.41) is 14.4. The highest BCUT2D eigenvalue weighted by Crippen LogP contribution is 2.54. The maximum atomic E-state index is 13.8. The second-order valence-electron chi connectivity index (χ2n) is 12.8. The molecule has 2 aliphatic heterocycles. The van der Waals surface area contributed by atoms with Gasteiger partial charge in [0.2, 0.25) is 0 Å². The predicted molar refractivity (Wildman–Crippen MR) is 159 cm³/mol. The number of aromatic carboxylic acids is 1. The van der Waals surface area contributed by atoms with Crippen molar-refractivity contribution in [2.24, 2.45) is 11.3 Å². The molecule has 232 valence electrons. The summed E-state index contributed by atoms with van der Waals surface area (Å²) in [6.07, 6.45) is 3.33. The van der Waals surface area contributed by atoms with Gasteiger partial charge in [0.1, 0.15) is 23.3 Å². The zero-order chi connectivity index (χ0) is 30.9. The molecule has 2 aromatic heterocycles. The van der Waals surface area contributed by atoms with E-state index in [9.17, 15) is 23.1 Å². The van der Waals surface area contributed by atoms with Crippen molar-refractivity contribution in [3.05, 3.63) is 77.2 Å². The van der Waals surface area contributed by atoms with E-state index >= 15 is 0 Å². The first kappa shape index (κ1) is 28.1. The fourth-order valence-corrected chi connectivity index (χ4v) is 6.92. The van der Waals surface area contributed by atoms with E-state index < -0.39 is 17.7 Å². The van der Waals surface area contributed by atoms with Crippen LogP contribution in [0.4, 0.5) is 18.9 Å². The zero-order valence-electron chi connectivity index (χ0n) is 24.2. The molecule has 4 aliphatic rings. The molecule has 0 radical (unpaired) electrons. The molecule has 0 bridgehead atoms. The summed E-state index contributed by atoms with van der Waals surface area (Å²) >= 11 is 0. The summed E-state index contributed by atoms with van der Waals surface area (Å²) in [5.41, 5.74) is 1.96. The minimum atomic E-state index is -4.49. The van der Waals surface area contributed by atoms with Crippen molar-refractivity contribution in [1.82, 2.24) is 10.1 Å². The van der Waals surface area contributed by atoms with Crippen molar-refractivity contribution in [3.63, 3.8) is 0 Å². The van der Waals surface area contributed by atoms with Gasteiger partial charge < -0.3 is 24.0 Å². The largest absolute Gasteiger partial charge is 0.485 e. The summed E-state index contributed by atoms with van der Waals surface area (Å²) in [7, 11) is 0. The number of halogens is 3. The zero-order valence-corrected chi connectivity index (χ0v) is 24.2. The molecular formula is C34H30F3N3O5. The monoisotopic (exact) mass is 617 g/mol. The Morgan fingerprint density at radius 1 is 1.09 bits per heavy atom. The summed E-state index contributed by atoms with van der Waals surface area (Å²) in [5.74, 6) is 0.589. The number of pyridine rings is 1. The van der Waals surface area contributed by atoms with Crippen LogP contribution in [-0.4, -0.2) is 53.6 Å². The van der Waals surface area contributed by atoms with Gasteiger partial charge in [0.15, 0.2) is 5.69 Å². The molecule has 0 unspecified atom stereocenters. The van der Waals surface area contributed by atoms with E-state index in [4.69, 9.17) is 14.0 Å². The third-order valence-corrected chi connectivity index (χ3v) is 9.41. The predicted octanol–water partition coefficient (Wildman–Crippen LogP) is 7.19. The molecule has 11 heteroatoms. The number of hydrogen-bond acceptors (Lipinski definition) is 7. The standard InChI is InChI=1S/C34H30F3N3O5/c35-34(36,37)26-4-2-1-3-23(26)30-24(31(45-39-30)20-6-7-20)9-5-19-13-33(14-19)17-40(18-33)21-8-10-27-25(11-21)29(44-22-15-43-16-22)12-28(38-27)32(41)42/h1-5,8-12,19-20,22H,6-7,13-18H2,(H,41,42)/b9-5+. The van der Waals surface area contributed by atoms with Crippen LogP contribution in [0.15, 0.2) is 59.1 Å². The Kier molecular flexibility index (Phi) is 6.46. The quantitative estimate of drug-likeness (QED) is 0.222. The second kappa shape index (κ2) is 10.3. The lowest BCUT2D eigenvalue weighted by molar-refractivity contribution is -0.137. The maximum absolute atomic E-state index is 13.8. The molecule has 8 nitrogen and oxygen atoms in total. The van der Waals surface area contributed by atoms with Gasteiger partial charge in [-0.05, 0) is 55.9 Å². The number of aromatic nitrogens is 2. The van der Waals surface area contributed by atoms with Crippen LogP contribution in [0.25, 0.3) is 28.2 Å². The molecule has 0 atom stereocenters. The molecule has 0 amide bonds. The van der Waals surface area contributed by atoms with Gasteiger partial charge in [-0.15, -0.1) is 0 Å². The lowest BCUT2D eigenvalue weighted by Crippen LogP contribution is -2.62. The molecule has 2 aliphatic carbocycles. The first-order valence-corrected chi connectivity index (χ1v) is 15.2. The topological polar surface area (TPSA) is 97.9 Å². The number of ether oxygens (including phenoxy) is 2. The average Bonchev–Trinajstić information content (AvgIpc) is 3.71. The lowest BCUT2D eigenvalue weighted by Gasteiger charge is -2.59. The Morgan fingerprint density at radius 3 is 2.56 bits per heavy atom. The third-order valence-electron chi connectivity index (χ3n) is 9.41. The van der Waals surface area contributed by atoms with Crippen LogP contribution in [0, 0.1) is 11.3 Å². The van der Waals surface area contributed by atoms with E-state index in [0.717, 1.165) is 55.9 Å². The number of rotatable bonds is 8. The molecule has 1 spiro atoms. The Bertz CT molecular complexity index is 1830. The summed E-state index contributed by atoms with van der Waals surface area (Å²) < 4.78 is 58.3. The molecule has 4 heterocycles. The fourth-order valence-electron chi connectivity index (χ4n) is 6.92. The van der Waals surface area contributed by atoms with Crippen LogP contribution in [0.2, 0.25) is 0 Å². The minimum Gasteiger partial charge on any atom is -0.485 e. The van der Waals surface area contributed by atoms with Crippen LogP contribution in [0.5, 0.6) is 5.75 Å². The Balaban J connectivity index is 0.974. The molecule has 45 heavy (non-hydrogen) atoms. The van der Waals surface area contributed by atoms with Crippen LogP contribution in [-0.2, 0) is 10.9 Å². The van der Waals surface area contributed by atoms with Gasteiger partial charge in [-0.2, -0.15) is 13.2 Å². The second-order valence-corrected chi connectivity index (χ2v) is 12.8. The number of anilines is 1. The first-order chi connectivity index (χ1) is 21.7. The molecule has 2 aromatic carbocycles. The number of alkyl halides is 3. The average molecular weight is 618 g/mol. The van der Waals surface area contributed by atoms with Gasteiger partial charge in [0.25, 0.3) is 0 Å². The number of allylic oxidation sites excluding steroid dienone is 1. The molecule has 8 rings (SSSR count). The highest BCUT2D eigenvalue weighted by molar-refractivity contribution is 5.94. The maximum Gasteiger partial charge on any atom is 0.417 e. The van der Waals surface area contributed by atoms with Crippen molar-refractivity contribution in [3.8, 4) is 17.0 Å². The number of benzene rings is 2. The van der Waals surface area contributed by atoms with Gasteiger partial charge in [-0.25, -0.2) is 9.78 Å². The number of carbonyl (C=O) groups is 1. The van der Waals surface area contributed by atoms with Crippen LogP contribution in [0.3, 0.4) is 0 Å². The van der Waals surface area contributed by atoms with Crippen molar-refractivity contribution in [1.29, 1.82) is 0 Å². The van der Waals surface area contributed by atoms with E-state index in [2.05, 4.69) is 21.1 Å². The molecule has 4 aromatic rings. The molecular weight excluding hydrogens is 587 g/mol. The normalized spacial score (nSPS) is 19.9. The number of carboxylic acid groups (broad SMARTS) is 1. The van der Waals surface area contributed by atoms with Crippen LogP contribution < -0.4 is 9.64 Å². The van der Waals surface area contributed by atoms with Gasteiger partial charge >= 0.3 is 12.1 Å². The number of fused-ring (bicyclic) bond motifs is 1. The van der Waals surface area contributed by atoms with Crippen molar-refractivity contribution < 1.29 is 37.1 Å². The Morgan fingerprint density at radius 2 is 1.87 bits per heavy atom. The first-order valence-electron chi connectivity index (χ1n) is 15.2. The lowest BCUT2D eigenvalue weighted by atomic mass is 9.57. The van der Waals surface area contributed by atoms with Gasteiger partial charge in [-0.1, -0.05) is 35.5 Å². The summed E-state index contributed by atoms with van der Waals surface area (Å²) in [6, 6.07) is 12.8. The molecule has 4 fully saturated rings. The number of hydrogen-bond donors (Lipinski definition) is 1. The van der Waals surface area contributed by atoms with Gasteiger partial charge in [0.05, 0.1) is 24.3 Å². The summed E-state index contributed by atoms with van der Waals surface area (Å²) in [4.78, 5) is 18.2. The highest BCUT2D eigenvalue weighted by atomic mass is 19.4. The molecule has 1 N–H and O–H groups in total. The SMILES string of the molecule is O=C(O)c1cc(OC2COC2)c2cc(N3CC4(CC(/C=C/c5c(-c6ccccc6C(F)(F)F)noc5C5CC5)C4)C3)ccc2n1. The number of nitrogens with zero attached hydrogens (tertiary/aromatic N) is 3. The molecule has 2 saturated heterocycles. The smallest absolute Gasteiger partial charge is 0.417 e. The molecule has 2 saturated carbocycles. The van der Waals surface area contributed by atoms with Gasteiger partial charge in [-0.3, -0.25) is 0 Å². The van der Waals surface area contributed by atoms with E-state index in [-0.39, 0.29) is 34.4 Å².